The molecule has 0 aliphatic rings. The zero-order chi connectivity index (χ0) is 52.7. The van der Waals surface area contributed by atoms with Gasteiger partial charge in [0.05, 0.1) is 28.0 Å². The lowest BCUT2D eigenvalue weighted by Crippen LogP contribution is -2.17. The van der Waals surface area contributed by atoms with Crippen molar-refractivity contribution in [1.29, 1.82) is 0 Å². The first kappa shape index (κ1) is 33.3. The molecule has 2 heterocycles. The second-order valence-corrected chi connectivity index (χ2v) is 20.1. The summed E-state index contributed by atoms with van der Waals surface area (Å²) in [5.41, 5.74) is 7.68. The van der Waals surface area contributed by atoms with Gasteiger partial charge in [-0.05, 0) is 116 Å². The van der Waals surface area contributed by atoms with Gasteiger partial charge in [0.1, 0.15) is 11.6 Å². The number of nitrogens with zero attached hydrogens (tertiary/aromatic N) is 3. The SMILES string of the molecule is [2H]C([2H])([2H])C(c1ccc(-n2c(-c3cc(C(C)(C)C)cc(C(C)(C)C)c3O)nc3c(-c4cc(-c5cc(-c6cccc(C)c6)ccn5)cc(C(C)(C)C)c4)cccc32)c(-c2ccccc2)c1)(C([2H])([2H])[2H])C([2H])([2H])[2H]. The highest BCUT2D eigenvalue weighted by atomic mass is 16.3. The van der Waals surface area contributed by atoms with Crippen LogP contribution in [0, 0.1) is 6.92 Å². The van der Waals surface area contributed by atoms with Crippen molar-refractivity contribution >= 4 is 11.0 Å². The van der Waals surface area contributed by atoms with Gasteiger partial charge in [-0.2, -0.15) is 0 Å². The quantitative estimate of drug-likeness (QED) is 0.181. The van der Waals surface area contributed by atoms with Gasteiger partial charge in [-0.25, -0.2) is 4.98 Å². The maximum absolute atomic E-state index is 12.6. The third kappa shape index (κ3) is 8.61. The van der Waals surface area contributed by atoms with E-state index in [-0.39, 0.29) is 22.1 Å². The summed E-state index contributed by atoms with van der Waals surface area (Å²) in [6.45, 7) is 10.6. The topological polar surface area (TPSA) is 50.9 Å². The number of hydrogen-bond donors (Lipinski definition) is 1. The maximum Gasteiger partial charge on any atom is 0.149 e. The summed E-state index contributed by atoms with van der Waals surface area (Å²) in [7, 11) is 0. The van der Waals surface area contributed by atoms with Crippen LogP contribution < -0.4 is 0 Å². The molecule has 0 aliphatic carbocycles. The van der Waals surface area contributed by atoms with Crippen molar-refractivity contribution in [2.24, 2.45) is 0 Å². The molecule has 4 heteroatoms. The van der Waals surface area contributed by atoms with Gasteiger partial charge in [0.25, 0.3) is 0 Å². The van der Waals surface area contributed by atoms with Crippen molar-refractivity contribution in [3.8, 4) is 67.5 Å². The molecule has 0 unspecified atom stereocenters. The molecule has 0 saturated carbocycles. The van der Waals surface area contributed by atoms with E-state index in [1.54, 1.807) is 18.2 Å². The molecule has 0 fully saturated rings. The van der Waals surface area contributed by atoms with Crippen LogP contribution in [0.2, 0.25) is 0 Å². The minimum atomic E-state index is -3.48. The van der Waals surface area contributed by atoms with Crippen molar-refractivity contribution in [2.45, 2.75) is 111 Å². The summed E-state index contributed by atoms with van der Waals surface area (Å²) < 4.78 is 79.5. The fourth-order valence-electron chi connectivity index (χ4n) is 8.34. The monoisotopic (exact) mass is 839 g/mol. The minimum Gasteiger partial charge on any atom is -0.507 e. The lowest BCUT2D eigenvalue weighted by Gasteiger charge is -2.28. The number of benzene rings is 6. The molecule has 0 bridgehead atoms. The number of aromatic nitrogens is 3. The largest absolute Gasteiger partial charge is 0.507 e. The van der Waals surface area contributed by atoms with E-state index < -0.39 is 31.4 Å². The molecule has 1 N–H and O–H groups in total. The van der Waals surface area contributed by atoms with Gasteiger partial charge in [-0.15, -0.1) is 0 Å². The molecular weight excluding hydrogens is 767 g/mol. The molecule has 0 atom stereocenters. The van der Waals surface area contributed by atoms with E-state index in [9.17, 15) is 5.11 Å². The van der Waals surface area contributed by atoms with Crippen molar-refractivity contribution in [3.63, 3.8) is 0 Å². The molecule has 8 aromatic rings. The van der Waals surface area contributed by atoms with Crippen LogP contribution in [0.4, 0.5) is 0 Å². The van der Waals surface area contributed by atoms with Crippen LogP contribution >= 0.6 is 0 Å². The Morgan fingerprint density at radius 2 is 1.16 bits per heavy atom. The van der Waals surface area contributed by atoms with E-state index in [0.29, 0.717) is 44.8 Å². The van der Waals surface area contributed by atoms with Gasteiger partial charge in [-0.3, -0.25) is 9.55 Å². The highest BCUT2D eigenvalue weighted by molar-refractivity contribution is 5.98. The van der Waals surface area contributed by atoms with Crippen molar-refractivity contribution in [2.75, 3.05) is 0 Å². The molecule has 8 rings (SSSR count). The third-order valence-corrected chi connectivity index (χ3v) is 12.0. The van der Waals surface area contributed by atoms with Gasteiger partial charge >= 0.3 is 0 Å². The van der Waals surface area contributed by atoms with Crippen LogP contribution in [-0.4, -0.2) is 19.6 Å². The lowest BCUT2D eigenvalue weighted by atomic mass is 9.79. The first-order valence-electron chi connectivity index (χ1n) is 26.1. The number of aromatic hydroxyl groups is 1. The number of phenolic OH excluding ortho intramolecular Hbond substituents is 1. The highest BCUT2D eigenvalue weighted by Gasteiger charge is 2.30. The molecule has 0 aliphatic heterocycles. The predicted octanol–water partition coefficient (Wildman–Crippen LogP) is 16.0. The Hall–Kier alpha value is -6.26. The fraction of sp³-hybridized carbons (Fsp3) is 0.288. The Morgan fingerprint density at radius 1 is 0.508 bits per heavy atom. The Balaban J connectivity index is 1.51. The normalized spacial score (nSPS) is 15.3. The molecule has 63 heavy (non-hydrogen) atoms. The second kappa shape index (κ2) is 15.8. The Kier molecular flexibility index (Phi) is 8.37. The molecular formula is C59H63N3O. The standard InChI is InChI=1S/C59H63N3O/c1-37-19-17-22-39(29-37)40-27-28-60-50(33-40)42-30-41(31-44(32-42)57(5,6)7)46-23-18-24-52-53(46)61-55(48-35-45(58(8,9)10)36-49(54(48)63)59(11,12)13)62(52)51-26-25-43(56(2,3)4)34-47(51)38-20-15-14-16-21-38/h14-36,63H,1-13H3/i2D3,3D3,4D3. The summed E-state index contributed by atoms with van der Waals surface area (Å²) in [4.78, 5) is 10.4. The van der Waals surface area contributed by atoms with Crippen molar-refractivity contribution < 1.29 is 17.4 Å². The smallest absolute Gasteiger partial charge is 0.149 e. The number of pyridine rings is 1. The van der Waals surface area contributed by atoms with E-state index in [1.807, 2.05) is 86.1 Å². The van der Waals surface area contributed by atoms with Gasteiger partial charge in [0.2, 0.25) is 0 Å². The van der Waals surface area contributed by atoms with Crippen LogP contribution in [0.25, 0.3) is 72.7 Å². The molecule has 6 aromatic carbocycles. The lowest BCUT2D eigenvalue weighted by molar-refractivity contribution is 0.446. The molecule has 2 aromatic heterocycles. The van der Waals surface area contributed by atoms with E-state index in [4.69, 9.17) is 22.3 Å². The van der Waals surface area contributed by atoms with E-state index >= 15 is 0 Å². The summed E-state index contributed by atoms with van der Waals surface area (Å²) in [5, 5.41) is 12.6. The zero-order valence-corrected chi connectivity index (χ0v) is 38.1. The van der Waals surface area contributed by atoms with Crippen LogP contribution in [0.15, 0.2) is 140 Å². The maximum atomic E-state index is 12.6. The number of hydrogen-bond acceptors (Lipinski definition) is 3. The molecule has 0 spiro atoms. The molecule has 320 valence electrons. The van der Waals surface area contributed by atoms with Crippen LogP contribution in [0.3, 0.4) is 0 Å². The second-order valence-electron chi connectivity index (χ2n) is 20.1. The first-order valence-corrected chi connectivity index (χ1v) is 21.6. The van der Waals surface area contributed by atoms with Crippen molar-refractivity contribution in [1.82, 2.24) is 14.5 Å². The van der Waals surface area contributed by atoms with Gasteiger partial charge in [-0.1, -0.05) is 173 Å². The number of fused-ring (bicyclic) bond motifs is 1. The third-order valence-electron chi connectivity index (χ3n) is 12.0. The van der Waals surface area contributed by atoms with Crippen LogP contribution in [0.1, 0.15) is 123 Å². The number of imidazole rings is 1. The minimum absolute atomic E-state index is 0.0364. The first-order chi connectivity index (χ1) is 33.3. The Bertz CT molecular complexity index is 3310. The average Bonchev–Trinajstić information content (AvgIpc) is 3.66. The molecule has 0 amide bonds. The Labute approximate surface area is 388 Å². The average molecular weight is 839 g/mol. The summed E-state index contributed by atoms with van der Waals surface area (Å²) >= 11 is 0. The molecule has 0 saturated heterocycles. The molecule has 4 nitrogen and oxygen atoms in total. The van der Waals surface area contributed by atoms with Gasteiger partial charge in [0, 0.05) is 40.8 Å². The summed E-state index contributed by atoms with van der Waals surface area (Å²) in [6.07, 6.45) is 1.84. The van der Waals surface area contributed by atoms with E-state index in [0.717, 1.165) is 50.2 Å². The van der Waals surface area contributed by atoms with Gasteiger partial charge < -0.3 is 5.11 Å². The summed E-state index contributed by atoms with van der Waals surface area (Å²) in [6, 6.07) is 42.3. The zero-order valence-electron chi connectivity index (χ0n) is 47.1. The van der Waals surface area contributed by atoms with Crippen LogP contribution in [-0.2, 0) is 21.7 Å². The Morgan fingerprint density at radius 3 is 1.84 bits per heavy atom. The van der Waals surface area contributed by atoms with Gasteiger partial charge in [0.15, 0.2) is 0 Å². The highest BCUT2D eigenvalue weighted by Crippen LogP contribution is 2.46. The van der Waals surface area contributed by atoms with E-state index in [1.165, 1.54) is 12.1 Å². The number of aryl methyl sites for hydroxylation is 1. The summed E-state index contributed by atoms with van der Waals surface area (Å²) in [5.74, 6) is 0.402. The van der Waals surface area contributed by atoms with Crippen molar-refractivity contribution in [3.05, 3.63) is 167 Å². The fourth-order valence-corrected chi connectivity index (χ4v) is 8.34. The number of para-hydroxylation sites is 1. The van der Waals surface area contributed by atoms with Crippen LogP contribution in [0.5, 0.6) is 5.75 Å². The predicted molar refractivity (Wildman–Crippen MR) is 267 cm³/mol. The van der Waals surface area contributed by atoms with E-state index in [2.05, 4.69) is 97.0 Å². The molecule has 0 radical (unpaired) electrons. The number of phenols is 1. The number of rotatable bonds is 6.